The van der Waals surface area contributed by atoms with Crippen LogP contribution in [0.4, 0.5) is 5.82 Å². The summed E-state index contributed by atoms with van der Waals surface area (Å²) in [6.45, 7) is 5.25. The smallest absolute Gasteiger partial charge is 0.327 e. The number of nitrogens with two attached hydrogens (primary N) is 2. The third-order valence-corrected chi connectivity index (χ3v) is 7.00. The number of pyridine rings is 1. The fourth-order valence-electron chi connectivity index (χ4n) is 3.75. The molecule has 1 heterocycles. The lowest BCUT2D eigenvalue weighted by Gasteiger charge is -2.37. The molecular weight excluding hydrogens is 454 g/mol. The van der Waals surface area contributed by atoms with Gasteiger partial charge in [-0.2, -0.15) is 9.71 Å². The summed E-state index contributed by atoms with van der Waals surface area (Å²) in [4.78, 5) is 21.1. The standard InChI is InChI=1S/C21H28ClN5O4S/c1-20(2,3)31-18(28)21(9-5-4-6-10-21)27-32(29,30)13-7-8-14-15(11-13)17(26-19(23)24)25-12-16(14)22/h7-8,11-12,27H,4-6,9-10H2,1-3H3,(H4,23,24,25,26). The van der Waals surface area contributed by atoms with E-state index in [4.69, 9.17) is 27.8 Å². The van der Waals surface area contributed by atoms with Crippen molar-refractivity contribution in [2.24, 2.45) is 16.5 Å². The van der Waals surface area contributed by atoms with Gasteiger partial charge in [0.05, 0.1) is 9.92 Å². The second-order valence-corrected chi connectivity index (χ2v) is 11.0. The van der Waals surface area contributed by atoms with Crippen LogP contribution in [0.25, 0.3) is 10.8 Å². The molecule has 1 aromatic heterocycles. The van der Waals surface area contributed by atoms with Crippen molar-refractivity contribution in [3.05, 3.63) is 29.4 Å². The lowest BCUT2D eigenvalue weighted by molar-refractivity contribution is -0.163. The SMILES string of the molecule is CC(C)(C)OC(=O)C1(NS(=O)(=O)c2ccc3c(Cl)cnc(N=C(N)N)c3c2)CCCCC1. The minimum atomic E-state index is -4.10. The summed E-state index contributed by atoms with van der Waals surface area (Å²) in [7, 11) is -4.10. The summed E-state index contributed by atoms with van der Waals surface area (Å²) in [5.41, 5.74) is 8.88. The predicted octanol–water partition coefficient (Wildman–Crippen LogP) is 3.12. The van der Waals surface area contributed by atoms with E-state index in [0.717, 1.165) is 6.42 Å². The summed E-state index contributed by atoms with van der Waals surface area (Å²) in [6.07, 6.45) is 4.47. The molecule has 0 aliphatic heterocycles. The van der Waals surface area contributed by atoms with Crippen molar-refractivity contribution in [3.63, 3.8) is 0 Å². The molecule has 9 nitrogen and oxygen atoms in total. The third-order valence-electron chi connectivity index (χ3n) is 5.16. The molecule has 0 bridgehead atoms. The number of carbonyl (C=O) groups is 1. The summed E-state index contributed by atoms with van der Waals surface area (Å²) >= 11 is 6.21. The molecule has 0 spiro atoms. The Bertz CT molecular complexity index is 1160. The number of halogens is 1. The number of rotatable bonds is 5. The highest BCUT2D eigenvalue weighted by Crippen LogP contribution is 2.35. The average molecular weight is 482 g/mol. The van der Waals surface area contributed by atoms with Crippen LogP contribution in [-0.2, 0) is 19.6 Å². The highest BCUT2D eigenvalue weighted by molar-refractivity contribution is 7.89. The quantitative estimate of drug-likeness (QED) is 0.337. The van der Waals surface area contributed by atoms with E-state index in [1.165, 1.54) is 18.3 Å². The van der Waals surface area contributed by atoms with Gasteiger partial charge in [0.2, 0.25) is 10.0 Å². The van der Waals surface area contributed by atoms with Gasteiger partial charge >= 0.3 is 5.97 Å². The Labute approximate surface area is 192 Å². The van der Waals surface area contributed by atoms with Crippen LogP contribution in [0.15, 0.2) is 34.3 Å². The van der Waals surface area contributed by atoms with Crippen molar-refractivity contribution in [2.75, 3.05) is 0 Å². The molecule has 1 aromatic carbocycles. The molecule has 3 rings (SSSR count). The monoisotopic (exact) mass is 481 g/mol. The summed E-state index contributed by atoms with van der Waals surface area (Å²) in [5, 5.41) is 1.23. The van der Waals surface area contributed by atoms with E-state index in [1.54, 1.807) is 26.8 Å². The number of carbonyl (C=O) groups excluding carboxylic acids is 1. The fraction of sp³-hybridized carbons (Fsp3) is 0.476. The Morgan fingerprint density at radius 3 is 2.44 bits per heavy atom. The fourth-order valence-corrected chi connectivity index (χ4v) is 5.40. The zero-order chi connectivity index (χ0) is 23.7. The van der Waals surface area contributed by atoms with Gasteiger partial charge in [0.25, 0.3) is 0 Å². The molecule has 11 heteroatoms. The number of aliphatic imine (C=N–C) groups is 1. The lowest BCUT2D eigenvalue weighted by Crippen LogP contribution is -2.57. The maximum absolute atomic E-state index is 13.4. The van der Waals surface area contributed by atoms with Crippen LogP contribution >= 0.6 is 11.6 Å². The second-order valence-electron chi connectivity index (χ2n) is 8.92. The van der Waals surface area contributed by atoms with Gasteiger partial charge in [0, 0.05) is 17.0 Å². The summed E-state index contributed by atoms with van der Waals surface area (Å²) < 4.78 is 35.0. The Kier molecular flexibility index (Phi) is 6.69. The topological polar surface area (TPSA) is 150 Å². The van der Waals surface area contributed by atoms with Gasteiger partial charge in [-0.25, -0.2) is 18.2 Å². The Morgan fingerprint density at radius 2 is 1.84 bits per heavy atom. The van der Waals surface area contributed by atoms with Crippen LogP contribution in [0.5, 0.6) is 0 Å². The van der Waals surface area contributed by atoms with E-state index < -0.39 is 27.1 Å². The normalized spacial score (nSPS) is 16.5. The molecule has 1 saturated carbocycles. The van der Waals surface area contributed by atoms with Crippen LogP contribution in [-0.4, -0.2) is 36.5 Å². The van der Waals surface area contributed by atoms with Gasteiger partial charge in [-0.05, 0) is 45.7 Å². The van der Waals surface area contributed by atoms with Crippen molar-refractivity contribution in [2.45, 2.75) is 68.9 Å². The number of guanidine groups is 1. The number of hydrogen-bond acceptors (Lipinski definition) is 6. The van der Waals surface area contributed by atoms with Crippen molar-refractivity contribution >= 4 is 50.1 Å². The van der Waals surface area contributed by atoms with Crippen LogP contribution in [0, 0.1) is 0 Å². The summed E-state index contributed by atoms with van der Waals surface area (Å²) in [6, 6.07) is 4.37. The largest absolute Gasteiger partial charge is 0.459 e. The van der Waals surface area contributed by atoms with Gasteiger partial charge in [0.15, 0.2) is 11.8 Å². The van der Waals surface area contributed by atoms with Crippen LogP contribution in [0.2, 0.25) is 5.02 Å². The van der Waals surface area contributed by atoms with Crippen LogP contribution in [0.3, 0.4) is 0 Å². The van der Waals surface area contributed by atoms with Crippen molar-refractivity contribution in [1.29, 1.82) is 0 Å². The van der Waals surface area contributed by atoms with Gasteiger partial charge in [0.1, 0.15) is 11.1 Å². The number of aromatic nitrogens is 1. The van der Waals surface area contributed by atoms with Gasteiger partial charge in [-0.15, -0.1) is 0 Å². The molecule has 32 heavy (non-hydrogen) atoms. The number of esters is 1. The first kappa shape index (κ1) is 24.2. The number of hydrogen-bond donors (Lipinski definition) is 3. The molecular formula is C21H28ClN5O4S. The Hall–Kier alpha value is -2.43. The van der Waals surface area contributed by atoms with E-state index in [-0.39, 0.29) is 16.7 Å². The molecule has 5 N–H and O–H groups in total. The second kappa shape index (κ2) is 8.84. The summed E-state index contributed by atoms with van der Waals surface area (Å²) in [5.74, 6) is -0.653. The highest BCUT2D eigenvalue weighted by atomic mass is 35.5. The first-order valence-electron chi connectivity index (χ1n) is 10.3. The molecule has 1 aliphatic rings. The molecule has 174 valence electrons. The van der Waals surface area contributed by atoms with Crippen molar-refractivity contribution in [1.82, 2.24) is 9.71 Å². The minimum Gasteiger partial charge on any atom is -0.459 e. The number of benzene rings is 1. The first-order valence-corrected chi connectivity index (χ1v) is 12.1. The molecule has 0 radical (unpaired) electrons. The number of nitrogens with zero attached hydrogens (tertiary/aromatic N) is 2. The number of fused-ring (bicyclic) bond motifs is 1. The van der Waals surface area contributed by atoms with Crippen molar-refractivity contribution in [3.8, 4) is 0 Å². The minimum absolute atomic E-state index is 0.0605. The molecule has 0 atom stereocenters. The molecule has 2 aromatic rings. The average Bonchev–Trinajstić information content (AvgIpc) is 2.69. The van der Waals surface area contributed by atoms with Crippen LogP contribution in [0.1, 0.15) is 52.9 Å². The Morgan fingerprint density at radius 1 is 1.19 bits per heavy atom. The lowest BCUT2D eigenvalue weighted by atomic mass is 9.82. The third kappa shape index (κ3) is 5.31. The van der Waals surface area contributed by atoms with Crippen molar-refractivity contribution < 1.29 is 17.9 Å². The van der Waals surface area contributed by atoms with Gasteiger partial charge in [-0.1, -0.05) is 36.9 Å². The van der Waals surface area contributed by atoms with E-state index >= 15 is 0 Å². The van der Waals surface area contributed by atoms with E-state index in [2.05, 4.69) is 14.7 Å². The van der Waals surface area contributed by atoms with E-state index in [0.29, 0.717) is 41.5 Å². The molecule has 0 saturated heterocycles. The van der Waals surface area contributed by atoms with E-state index in [9.17, 15) is 13.2 Å². The highest BCUT2D eigenvalue weighted by Gasteiger charge is 2.45. The predicted molar refractivity (Wildman–Crippen MR) is 124 cm³/mol. The Balaban J connectivity index is 2.05. The number of ether oxygens (including phenoxy) is 1. The van der Waals surface area contributed by atoms with Gasteiger partial charge in [-0.3, -0.25) is 0 Å². The number of nitrogens with one attached hydrogen (secondary N) is 1. The molecule has 0 unspecified atom stereocenters. The first-order chi connectivity index (χ1) is 14.8. The van der Waals surface area contributed by atoms with Crippen LogP contribution < -0.4 is 16.2 Å². The van der Waals surface area contributed by atoms with Gasteiger partial charge < -0.3 is 16.2 Å². The van der Waals surface area contributed by atoms with E-state index in [1.807, 2.05) is 0 Å². The number of sulfonamides is 1. The zero-order valence-corrected chi connectivity index (χ0v) is 19.9. The maximum atomic E-state index is 13.4. The molecule has 0 amide bonds. The molecule has 1 aliphatic carbocycles. The zero-order valence-electron chi connectivity index (χ0n) is 18.3. The maximum Gasteiger partial charge on any atom is 0.327 e. The molecule has 1 fully saturated rings.